The zero-order valence-corrected chi connectivity index (χ0v) is 7.68. The Morgan fingerprint density at radius 1 is 1.29 bits per heavy atom. The molecule has 0 unspecified atom stereocenters. The molecule has 14 heavy (non-hydrogen) atoms. The summed E-state index contributed by atoms with van der Waals surface area (Å²) in [5, 5.41) is 3.96. The van der Waals surface area contributed by atoms with Gasteiger partial charge in [0, 0.05) is 36.1 Å². The first-order chi connectivity index (χ1) is 6.86. The zero-order chi connectivity index (χ0) is 9.54. The number of hydrogen-bond acceptors (Lipinski definition) is 1. The third-order valence-electron chi connectivity index (χ3n) is 2.91. The van der Waals surface area contributed by atoms with E-state index in [0.29, 0.717) is 5.92 Å². The molecule has 1 fully saturated rings. The molecule has 2 nitrogen and oxygen atoms in total. The Labute approximate surface area is 81.1 Å². The molecule has 1 aromatic heterocycles. The molecule has 1 aliphatic heterocycles. The second-order valence-corrected chi connectivity index (χ2v) is 3.76. The number of fused-ring (bicyclic) bond motifs is 1. The van der Waals surface area contributed by atoms with Crippen molar-refractivity contribution in [2.45, 2.75) is 5.92 Å². The molecule has 0 bridgehead atoms. The first-order valence-corrected chi connectivity index (χ1v) is 4.82. The molecule has 2 aromatic rings. The van der Waals surface area contributed by atoms with Gasteiger partial charge in [0.05, 0.1) is 0 Å². The molecule has 0 radical (unpaired) electrons. The summed E-state index contributed by atoms with van der Waals surface area (Å²) in [6, 6.07) is 5.16. The average Bonchev–Trinajstić information content (AvgIpc) is 2.47. The highest BCUT2D eigenvalue weighted by molar-refractivity contribution is 5.84. The summed E-state index contributed by atoms with van der Waals surface area (Å²) >= 11 is 0. The van der Waals surface area contributed by atoms with Gasteiger partial charge in [-0.2, -0.15) is 0 Å². The summed E-state index contributed by atoms with van der Waals surface area (Å²) in [5.74, 6) is 0.353. The molecule has 0 amide bonds. The average molecular weight is 190 g/mol. The lowest BCUT2D eigenvalue weighted by atomic mass is 9.93. The summed E-state index contributed by atoms with van der Waals surface area (Å²) in [6.45, 7) is 1.92. The van der Waals surface area contributed by atoms with E-state index < -0.39 is 0 Å². The molecule has 0 atom stereocenters. The summed E-state index contributed by atoms with van der Waals surface area (Å²) in [6.07, 6.45) is 1.93. The van der Waals surface area contributed by atoms with Gasteiger partial charge in [-0.05, 0) is 17.7 Å². The van der Waals surface area contributed by atoms with Gasteiger partial charge in [0.1, 0.15) is 5.82 Å². The maximum absolute atomic E-state index is 13.6. The van der Waals surface area contributed by atoms with Crippen molar-refractivity contribution in [1.82, 2.24) is 10.3 Å². The lowest BCUT2D eigenvalue weighted by molar-refractivity contribution is 0.450. The first kappa shape index (κ1) is 8.00. The number of halogens is 1. The van der Waals surface area contributed by atoms with E-state index in [1.54, 1.807) is 6.07 Å². The molecular formula is C11H11FN2. The highest BCUT2D eigenvalue weighted by atomic mass is 19.1. The van der Waals surface area contributed by atoms with Gasteiger partial charge in [0.2, 0.25) is 0 Å². The van der Waals surface area contributed by atoms with Crippen LogP contribution < -0.4 is 5.32 Å². The van der Waals surface area contributed by atoms with E-state index in [1.165, 1.54) is 6.07 Å². The van der Waals surface area contributed by atoms with Crippen molar-refractivity contribution in [3.05, 3.63) is 35.8 Å². The number of hydrogen-bond donors (Lipinski definition) is 2. The number of H-pyrrole nitrogens is 1. The van der Waals surface area contributed by atoms with E-state index >= 15 is 0 Å². The molecule has 72 valence electrons. The topological polar surface area (TPSA) is 27.8 Å². The molecule has 1 saturated heterocycles. The summed E-state index contributed by atoms with van der Waals surface area (Å²) < 4.78 is 13.6. The monoisotopic (exact) mass is 190 g/mol. The minimum atomic E-state index is -0.120. The van der Waals surface area contributed by atoms with Crippen LogP contribution in [-0.2, 0) is 0 Å². The van der Waals surface area contributed by atoms with Crippen molar-refractivity contribution in [1.29, 1.82) is 0 Å². The highest BCUT2D eigenvalue weighted by Crippen LogP contribution is 2.29. The van der Waals surface area contributed by atoms with E-state index in [0.717, 1.165) is 29.6 Å². The lowest BCUT2D eigenvalue weighted by Gasteiger charge is -2.26. The largest absolute Gasteiger partial charge is 0.361 e. The molecule has 0 saturated carbocycles. The SMILES string of the molecule is Fc1cccc2[nH]cc(C3CNC3)c12. The fraction of sp³-hybridized carbons (Fsp3) is 0.273. The Morgan fingerprint density at radius 2 is 2.14 bits per heavy atom. The minimum Gasteiger partial charge on any atom is -0.361 e. The Morgan fingerprint density at radius 3 is 2.86 bits per heavy atom. The van der Waals surface area contributed by atoms with Crippen molar-refractivity contribution in [2.75, 3.05) is 13.1 Å². The van der Waals surface area contributed by atoms with Gasteiger partial charge >= 0.3 is 0 Å². The van der Waals surface area contributed by atoms with Gasteiger partial charge in [0.15, 0.2) is 0 Å². The normalized spacial score (nSPS) is 17.2. The first-order valence-electron chi connectivity index (χ1n) is 4.82. The quantitative estimate of drug-likeness (QED) is 0.707. The second-order valence-electron chi connectivity index (χ2n) is 3.76. The number of benzene rings is 1. The van der Waals surface area contributed by atoms with Gasteiger partial charge in [-0.15, -0.1) is 0 Å². The molecule has 2 N–H and O–H groups in total. The van der Waals surface area contributed by atoms with Crippen LogP contribution in [-0.4, -0.2) is 18.1 Å². The third kappa shape index (κ3) is 0.990. The fourth-order valence-corrected chi connectivity index (χ4v) is 2.00. The molecule has 1 aromatic carbocycles. The van der Waals surface area contributed by atoms with Gasteiger partial charge in [-0.1, -0.05) is 6.07 Å². The van der Waals surface area contributed by atoms with Gasteiger partial charge in [-0.3, -0.25) is 0 Å². The van der Waals surface area contributed by atoms with E-state index in [2.05, 4.69) is 10.3 Å². The van der Waals surface area contributed by atoms with E-state index in [9.17, 15) is 4.39 Å². The third-order valence-corrected chi connectivity index (χ3v) is 2.91. The van der Waals surface area contributed by atoms with Crippen molar-refractivity contribution in [3.8, 4) is 0 Å². The fourth-order valence-electron chi connectivity index (χ4n) is 2.00. The lowest BCUT2D eigenvalue weighted by Crippen LogP contribution is -2.39. The minimum absolute atomic E-state index is 0.120. The van der Waals surface area contributed by atoms with Crippen molar-refractivity contribution >= 4 is 10.9 Å². The Hall–Kier alpha value is -1.35. The van der Waals surface area contributed by atoms with Gasteiger partial charge < -0.3 is 10.3 Å². The zero-order valence-electron chi connectivity index (χ0n) is 7.68. The number of aromatic nitrogens is 1. The van der Waals surface area contributed by atoms with Crippen LogP contribution in [0.5, 0.6) is 0 Å². The molecule has 3 rings (SSSR count). The van der Waals surface area contributed by atoms with Gasteiger partial charge in [-0.25, -0.2) is 4.39 Å². The van der Waals surface area contributed by atoms with Crippen LogP contribution >= 0.6 is 0 Å². The molecule has 3 heteroatoms. The van der Waals surface area contributed by atoms with Crippen LogP contribution in [0.3, 0.4) is 0 Å². The molecule has 0 aliphatic carbocycles. The van der Waals surface area contributed by atoms with Crippen LogP contribution in [0.25, 0.3) is 10.9 Å². The maximum atomic E-state index is 13.6. The number of nitrogens with one attached hydrogen (secondary N) is 2. The predicted octanol–water partition coefficient (Wildman–Crippen LogP) is 1.99. The Kier molecular flexibility index (Phi) is 1.61. The van der Waals surface area contributed by atoms with Crippen molar-refractivity contribution in [2.24, 2.45) is 0 Å². The maximum Gasteiger partial charge on any atom is 0.132 e. The van der Waals surface area contributed by atoms with E-state index in [1.807, 2.05) is 12.3 Å². The highest BCUT2D eigenvalue weighted by Gasteiger charge is 2.23. The number of rotatable bonds is 1. The van der Waals surface area contributed by atoms with E-state index in [4.69, 9.17) is 0 Å². The molecule has 2 heterocycles. The van der Waals surface area contributed by atoms with Gasteiger partial charge in [0.25, 0.3) is 0 Å². The van der Waals surface area contributed by atoms with Crippen LogP contribution in [0.4, 0.5) is 4.39 Å². The van der Waals surface area contributed by atoms with Crippen LogP contribution in [0.2, 0.25) is 0 Å². The predicted molar refractivity (Wildman–Crippen MR) is 53.9 cm³/mol. The second kappa shape index (κ2) is 2.82. The standard InChI is InChI=1S/C11H11FN2/c12-9-2-1-3-10-11(9)8(6-14-10)7-4-13-5-7/h1-3,6-7,13-14H,4-5H2. The van der Waals surface area contributed by atoms with Crippen molar-refractivity contribution < 1.29 is 4.39 Å². The number of aromatic amines is 1. The van der Waals surface area contributed by atoms with Crippen LogP contribution in [0.15, 0.2) is 24.4 Å². The molecular weight excluding hydrogens is 179 g/mol. The molecule has 1 aliphatic rings. The Bertz CT molecular complexity index is 471. The van der Waals surface area contributed by atoms with Crippen molar-refractivity contribution in [3.63, 3.8) is 0 Å². The van der Waals surface area contributed by atoms with Crippen LogP contribution in [0, 0.1) is 5.82 Å². The summed E-state index contributed by atoms with van der Waals surface area (Å²) in [4.78, 5) is 3.11. The summed E-state index contributed by atoms with van der Waals surface area (Å²) in [5.41, 5.74) is 2.00. The van der Waals surface area contributed by atoms with E-state index in [-0.39, 0.29) is 5.82 Å². The van der Waals surface area contributed by atoms with Crippen LogP contribution in [0.1, 0.15) is 11.5 Å². The Balaban J connectivity index is 2.23. The molecule has 0 spiro atoms. The smallest absolute Gasteiger partial charge is 0.132 e. The summed E-state index contributed by atoms with van der Waals surface area (Å²) in [7, 11) is 0.